The smallest absolute Gasteiger partial charge is 0.228 e. The van der Waals surface area contributed by atoms with Gasteiger partial charge in [0, 0.05) is 43.4 Å². The van der Waals surface area contributed by atoms with Crippen LogP contribution in [0.1, 0.15) is 31.5 Å². The molecular formula is C21H24N4O2. The fraction of sp³-hybridized carbons (Fsp3) is 0.429. The molecule has 0 unspecified atom stereocenters. The van der Waals surface area contributed by atoms with E-state index in [2.05, 4.69) is 23.8 Å². The van der Waals surface area contributed by atoms with Gasteiger partial charge in [-0.05, 0) is 5.92 Å². The lowest BCUT2D eigenvalue weighted by Crippen LogP contribution is -2.34. The van der Waals surface area contributed by atoms with Gasteiger partial charge in [-0.15, -0.1) is 0 Å². The third-order valence-electron chi connectivity index (χ3n) is 5.15. The predicted octanol–water partition coefficient (Wildman–Crippen LogP) is 2.49. The molecule has 0 spiro atoms. The number of aromatic nitrogens is 2. The monoisotopic (exact) mass is 364 g/mol. The highest BCUT2D eigenvalue weighted by Crippen LogP contribution is 2.28. The minimum Gasteiger partial charge on any atom is -0.342 e. The highest BCUT2D eigenvalue weighted by molar-refractivity contribution is 5.89. The number of carbonyl (C=O) groups excluding carboxylic acids is 2. The standard InChI is InChI=1S/C21H24N4O2/c1-14(2)10-24-11-16(8-19(24)26)21(27)25-12-17-9-22-20(23-18(17)13-25)15-6-4-3-5-7-15/h3-7,9,14,16H,8,10-13H2,1-2H3/t16-/m0/s1. The van der Waals surface area contributed by atoms with Crippen LogP contribution in [0.25, 0.3) is 11.4 Å². The first-order valence-electron chi connectivity index (χ1n) is 9.48. The molecule has 6 heteroatoms. The topological polar surface area (TPSA) is 66.4 Å². The quantitative estimate of drug-likeness (QED) is 0.836. The summed E-state index contributed by atoms with van der Waals surface area (Å²) in [5, 5.41) is 0. The maximum absolute atomic E-state index is 12.9. The minimum absolute atomic E-state index is 0.0499. The Balaban J connectivity index is 1.45. The van der Waals surface area contributed by atoms with E-state index in [0.717, 1.165) is 23.4 Å². The number of nitrogens with zero attached hydrogens (tertiary/aromatic N) is 4. The maximum atomic E-state index is 12.9. The second kappa shape index (κ2) is 7.10. The molecule has 2 aromatic rings. The molecule has 27 heavy (non-hydrogen) atoms. The fourth-order valence-corrected chi connectivity index (χ4v) is 3.85. The van der Waals surface area contributed by atoms with Gasteiger partial charge in [0.1, 0.15) is 0 Å². The number of rotatable bonds is 4. The second-order valence-corrected chi connectivity index (χ2v) is 7.82. The van der Waals surface area contributed by atoms with Crippen LogP contribution in [0.15, 0.2) is 36.5 Å². The van der Waals surface area contributed by atoms with Crippen molar-refractivity contribution in [2.75, 3.05) is 13.1 Å². The van der Waals surface area contributed by atoms with Gasteiger partial charge in [0.15, 0.2) is 5.82 Å². The number of amides is 2. The summed E-state index contributed by atoms with van der Waals surface area (Å²) in [5.41, 5.74) is 2.86. The van der Waals surface area contributed by atoms with E-state index in [1.807, 2.05) is 46.3 Å². The van der Waals surface area contributed by atoms with Gasteiger partial charge < -0.3 is 9.80 Å². The Bertz CT molecular complexity index is 866. The summed E-state index contributed by atoms with van der Waals surface area (Å²) in [7, 11) is 0. The molecule has 1 atom stereocenters. The van der Waals surface area contributed by atoms with E-state index in [4.69, 9.17) is 0 Å². The Morgan fingerprint density at radius 1 is 1.22 bits per heavy atom. The molecule has 0 bridgehead atoms. The molecule has 1 aromatic heterocycles. The predicted molar refractivity (Wildman–Crippen MR) is 101 cm³/mol. The number of fused-ring (bicyclic) bond motifs is 1. The van der Waals surface area contributed by atoms with E-state index in [9.17, 15) is 9.59 Å². The van der Waals surface area contributed by atoms with Gasteiger partial charge in [0.05, 0.1) is 18.2 Å². The van der Waals surface area contributed by atoms with Crippen LogP contribution in [0, 0.1) is 11.8 Å². The lowest BCUT2D eigenvalue weighted by Gasteiger charge is -2.21. The third-order valence-corrected chi connectivity index (χ3v) is 5.15. The van der Waals surface area contributed by atoms with E-state index in [0.29, 0.717) is 37.8 Å². The lowest BCUT2D eigenvalue weighted by molar-refractivity contribution is -0.136. The molecule has 0 saturated carbocycles. The van der Waals surface area contributed by atoms with Crippen molar-refractivity contribution in [2.24, 2.45) is 11.8 Å². The van der Waals surface area contributed by atoms with Crippen LogP contribution >= 0.6 is 0 Å². The lowest BCUT2D eigenvalue weighted by atomic mass is 10.1. The highest BCUT2D eigenvalue weighted by Gasteiger charge is 2.38. The summed E-state index contributed by atoms with van der Waals surface area (Å²) in [6.45, 7) is 6.44. The molecular weight excluding hydrogens is 340 g/mol. The largest absolute Gasteiger partial charge is 0.342 e. The van der Waals surface area contributed by atoms with Crippen LogP contribution in [0.2, 0.25) is 0 Å². The van der Waals surface area contributed by atoms with Gasteiger partial charge in [-0.1, -0.05) is 44.2 Å². The number of hydrogen-bond donors (Lipinski definition) is 0. The summed E-state index contributed by atoms with van der Waals surface area (Å²) >= 11 is 0. The zero-order valence-corrected chi connectivity index (χ0v) is 15.8. The molecule has 0 N–H and O–H groups in total. The van der Waals surface area contributed by atoms with Crippen molar-refractivity contribution >= 4 is 11.8 Å². The van der Waals surface area contributed by atoms with Crippen molar-refractivity contribution in [3.63, 3.8) is 0 Å². The van der Waals surface area contributed by atoms with Gasteiger partial charge in [0.25, 0.3) is 0 Å². The van der Waals surface area contributed by atoms with Crippen LogP contribution in [0.4, 0.5) is 0 Å². The van der Waals surface area contributed by atoms with Crippen molar-refractivity contribution in [3.05, 3.63) is 47.8 Å². The van der Waals surface area contributed by atoms with Crippen LogP contribution in [-0.4, -0.2) is 44.7 Å². The molecule has 140 valence electrons. The second-order valence-electron chi connectivity index (χ2n) is 7.82. The Morgan fingerprint density at radius 2 is 2.00 bits per heavy atom. The average molecular weight is 364 g/mol. The summed E-state index contributed by atoms with van der Waals surface area (Å²) < 4.78 is 0. The van der Waals surface area contributed by atoms with Crippen molar-refractivity contribution in [1.29, 1.82) is 0 Å². The van der Waals surface area contributed by atoms with Crippen molar-refractivity contribution < 1.29 is 9.59 Å². The average Bonchev–Trinajstić information content (AvgIpc) is 3.24. The third kappa shape index (κ3) is 3.56. The molecule has 0 radical (unpaired) electrons. The molecule has 2 aliphatic heterocycles. The molecule has 2 aliphatic rings. The normalized spacial score (nSPS) is 19.1. The molecule has 3 heterocycles. The van der Waals surface area contributed by atoms with Gasteiger partial charge in [-0.25, -0.2) is 9.97 Å². The van der Waals surface area contributed by atoms with Crippen LogP contribution in [0.5, 0.6) is 0 Å². The van der Waals surface area contributed by atoms with Gasteiger partial charge >= 0.3 is 0 Å². The van der Waals surface area contributed by atoms with Crippen molar-refractivity contribution in [3.8, 4) is 11.4 Å². The zero-order chi connectivity index (χ0) is 19.0. The first-order chi connectivity index (χ1) is 13.0. The maximum Gasteiger partial charge on any atom is 0.228 e. The van der Waals surface area contributed by atoms with Crippen molar-refractivity contribution in [1.82, 2.24) is 19.8 Å². The summed E-state index contributed by atoms with van der Waals surface area (Å²) in [6.07, 6.45) is 2.14. The Labute approximate surface area is 159 Å². The Kier molecular flexibility index (Phi) is 4.64. The van der Waals surface area contributed by atoms with E-state index in [1.54, 1.807) is 0 Å². The Hall–Kier alpha value is -2.76. The van der Waals surface area contributed by atoms with E-state index in [1.165, 1.54) is 0 Å². The summed E-state index contributed by atoms with van der Waals surface area (Å²) in [6, 6.07) is 9.84. The molecule has 1 saturated heterocycles. The summed E-state index contributed by atoms with van der Waals surface area (Å²) in [4.78, 5) is 37.9. The van der Waals surface area contributed by atoms with Crippen LogP contribution in [0.3, 0.4) is 0 Å². The molecule has 4 rings (SSSR count). The SMILES string of the molecule is CC(C)CN1C[C@@H](C(=O)N2Cc3cnc(-c4ccccc4)nc3C2)CC1=O. The molecule has 1 aromatic carbocycles. The molecule has 2 amide bonds. The Morgan fingerprint density at radius 3 is 2.74 bits per heavy atom. The molecule has 1 fully saturated rings. The number of likely N-dealkylation sites (tertiary alicyclic amines) is 1. The molecule has 0 aliphatic carbocycles. The van der Waals surface area contributed by atoms with Crippen LogP contribution in [-0.2, 0) is 22.7 Å². The number of carbonyl (C=O) groups is 2. The first-order valence-corrected chi connectivity index (χ1v) is 9.48. The van der Waals surface area contributed by atoms with Gasteiger partial charge in [-0.2, -0.15) is 0 Å². The number of benzene rings is 1. The van der Waals surface area contributed by atoms with E-state index in [-0.39, 0.29) is 17.7 Å². The fourth-order valence-electron chi connectivity index (χ4n) is 3.85. The highest BCUT2D eigenvalue weighted by atomic mass is 16.2. The summed E-state index contributed by atoms with van der Waals surface area (Å²) in [5.74, 6) is 0.985. The first kappa shape index (κ1) is 17.6. The van der Waals surface area contributed by atoms with Gasteiger partial charge in [0.2, 0.25) is 11.8 Å². The van der Waals surface area contributed by atoms with E-state index < -0.39 is 0 Å². The number of hydrogen-bond acceptors (Lipinski definition) is 4. The van der Waals surface area contributed by atoms with Gasteiger partial charge in [-0.3, -0.25) is 9.59 Å². The zero-order valence-electron chi connectivity index (χ0n) is 15.8. The molecule has 6 nitrogen and oxygen atoms in total. The van der Waals surface area contributed by atoms with Crippen LogP contribution < -0.4 is 0 Å². The van der Waals surface area contributed by atoms with E-state index >= 15 is 0 Å². The van der Waals surface area contributed by atoms with Crippen molar-refractivity contribution in [2.45, 2.75) is 33.4 Å². The minimum atomic E-state index is -0.243.